The van der Waals surface area contributed by atoms with E-state index in [0.29, 0.717) is 22.8 Å². The summed E-state index contributed by atoms with van der Waals surface area (Å²) in [7, 11) is 1.58. The molecular formula is C20H17BrN4O4. The quantitative estimate of drug-likeness (QED) is 0.590. The first-order valence-corrected chi connectivity index (χ1v) is 9.57. The van der Waals surface area contributed by atoms with E-state index in [-0.39, 0.29) is 12.4 Å². The topological polar surface area (TPSA) is 97.6 Å². The molecule has 1 aliphatic rings. The van der Waals surface area contributed by atoms with Gasteiger partial charge >= 0.3 is 6.03 Å². The maximum absolute atomic E-state index is 13.1. The van der Waals surface area contributed by atoms with Crippen molar-refractivity contribution in [3.05, 3.63) is 64.5 Å². The van der Waals surface area contributed by atoms with Crippen LogP contribution in [-0.2, 0) is 16.9 Å². The van der Waals surface area contributed by atoms with E-state index in [1.54, 1.807) is 44.4 Å². The van der Waals surface area contributed by atoms with Gasteiger partial charge in [0.25, 0.3) is 5.91 Å². The van der Waals surface area contributed by atoms with Crippen molar-refractivity contribution in [2.75, 3.05) is 7.11 Å². The number of rotatable bonds is 5. The van der Waals surface area contributed by atoms with Gasteiger partial charge in [0.1, 0.15) is 17.8 Å². The van der Waals surface area contributed by atoms with E-state index in [9.17, 15) is 9.59 Å². The molecule has 2 heterocycles. The first-order chi connectivity index (χ1) is 13.9. The average Bonchev–Trinajstić information content (AvgIpc) is 3.28. The second-order valence-electron chi connectivity index (χ2n) is 6.66. The molecule has 9 heteroatoms. The summed E-state index contributed by atoms with van der Waals surface area (Å²) in [5.74, 6) is 0.775. The number of carbonyl (C=O) groups is 2. The molecule has 2 aromatic carbocycles. The summed E-state index contributed by atoms with van der Waals surface area (Å²) in [6, 6.07) is 13.9. The predicted molar refractivity (Wildman–Crippen MR) is 107 cm³/mol. The minimum Gasteiger partial charge on any atom is -0.497 e. The number of methoxy groups -OCH3 is 1. The summed E-state index contributed by atoms with van der Waals surface area (Å²) in [6.45, 7) is 1.55. The molecule has 0 spiro atoms. The van der Waals surface area contributed by atoms with Gasteiger partial charge in [0.15, 0.2) is 0 Å². The molecule has 1 aliphatic heterocycles. The molecule has 0 radical (unpaired) electrons. The van der Waals surface area contributed by atoms with Gasteiger partial charge in [0.2, 0.25) is 11.8 Å². The number of hydrogen-bond acceptors (Lipinski definition) is 6. The van der Waals surface area contributed by atoms with Gasteiger partial charge in [-0.1, -0.05) is 34.1 Å². The molecule has 1 aromatic heterocycles. The zero-order chi connectivity index (χ0) is 20.6. The zero-order valence-electron chi connectivity index (χ0n) is 15.7. The monoisotopic (exact) mass is 456 g/mol. The maximum atomic E-state index is 13.1. The molecular weight excluding hydrogens is 440 g/mol. The molecule has 3 amide bonds. The lowest BCUT2D eigenvalue weighted by molar-refractivity contribution is -0.131. The van der Waals surface area contributed by atoms with Crippen molar-refractivity contribution < 1.29 is 18.7 Å². The number of amides is 3. The Morgan fingerprint density at radius 2 is 1.86 bits per heavy atom. The molecule has 29 heavy (non-hydrogen) atoms. The largest absolute Gasteiger partial charge is 0.497 e. The SMILES string of the molecule is COc1ccc(-c2nnc(CN3C(=O)N[C@@](C)(c4ccccc4Br)C3=O)o2)cc1. The summed E-state index contributed by atoms with van der Waals surface area (Å²) in [5.41, 5.74) is 0.195. The lowest BCUT2D eigenvalue weighted by Gasteiger charge is -2.23. The highest BCUT2D eigenvalue weighted by molar-refractivity contribution is 9.10. The summed E-state index contributed by atoms with van der Waals surface area (Å²) in [4.78, 5) is 26.6. The fraction of sp³-hybridized carbons (Fsp3) is 0.200. The maximum Gasteiger partial charge on any atom is 0.325 e. The zero-order valence-corrected chi connectivity index (χ0v) is 17.3. The Morgan fingerprint density at radius 1 is 1.14 bits per heavy atom. The fourth-order valence-corrected chi connectivity index (χ4v) is 3.87. The van der Waals surface area contributed by atoms with Crippen LogP contribution in [0.3, 0.4) is 0 Å². The number of benzene rings is 2. The molecule has 0 saturated carbocycles. The minimum atomic E-state index is -1.18. The van der Waals surface area contributed by atoms with Crippen molar-refractivity contribution >= 4 is 27.9 Å². The molecule has 4 rings (SSSR count). The number of nitrogens with zero attached hydrogens (tertiary/aromatic N) is 3. The Balaban J connectivity index is 1.56. The summed E-state index contributed by atoms with van der Waals surface area (Å²) in [5, 5.41) is 10.7. The van der Waals surface area contributed by atoms with Crippen LogP contribution in [0.5, 0.6) is 5.75 Å². The summed E-state index contributed by atoms with van der Waals surface area (Å²) in [6.07, 6.45) is 0. The number of aromatic nitrogens is 2. The van der Waals surface area contributed by atoms with E-state index < -0.39 is 17.5 Å². The van der Waals surface area contributed by atoms with Crippen LogP contribution in [0.15, 0.2) is 57.4 Å². The van der Waals surface area contributed by atoms with Crippen molar-refractivity contribution in [1.82, 2.24) is 20.4 Å². The van der Waals surface area contributed by atoms with Gasteiger partial charge in [-0.3, -0.25) is 9.69 Å². The first kappa shape index (κ1) is 19.1. The van der Waals surface area contributed by atoms with Gasteiger partial charge in [-0.05, 0) is 37.3 Å². The van der Waals surface area contributed by atoms with E-state index in [1.807, 2.05) is 18.2 Å². The van der Waals surface area contributed by atoms with Crippen LogP contribution < -0.4 is 10.1 Å². The Hall–Kier alpha value is -3.20. The van der Waals surface area contributed by atoms with Crippen molar-refractivity contribution in [2.24, 2.45) is 0 Å². The number of ether oxygens (including phenoxy) is 1. The van der Waals surface area contributed by atoms with Crippen molar-refractivity contribution in [3.8, 4) is 17.2 Å². The van der Waals surface area contributed by atoms with Crippen molar-refractivity contribution in [1.29, 1.82) is 0 Å². The second kappa shape index (κ2) is 7.32. The number of hydrogen-bond donors (Lipinski definition) is 1. The van der Waals surface area contributed by atoms with Crippen LogP contribution in [-0.4, -0.2) is 34.1 Å². The van der Waals surface area contributed by atoms with Crippen molar-refractivity contribution in [3.63, 3.8) is 0 Å². The van der Waals surface area contributed by atoms with Crippen molar-refractivity contribution in [2.45, 2.75) is 19.0 Å². The highest BCUT2D eigenvalue weighted by Gasteiger charge is 2.50. The predicted octanol–water partition coefficient (Wildman–Crippen LogP) is 3.47. The third-order valence-electron chi connectivity index (χ3n) is 4.78. The normalized spacial score (nSPS) is 18.8. The third kappa shape index (κ3) is 3.38. The van der Waals surface area contributed by atoms with Gasteiger partial charge in [0.05, 0.1) is 7.11 Å². The van der Waals surface area contributed by atoms with Gasteiger partial charge in [-0.25, -0.2) is 4.79 Å². The molecule has 1 N–H and O–H groups in total. The van der Waals surface area contributed by atoms with E-state index >= 15 is 0 Å². The van der Waals surface area contributed by atoms with E-state index in [1.165, 1.54) is 0 Å². The molecule has 0 aliphatic carbocycles. The Bertz CT molecular complexity index is 1080. The second-order valence-corrected chi connectivity index (χ2v) is 7.51. The van der Waals surface area contributed by atoms with Gasteiger partial charge in [0, 0.05) is 15.6 Å². The van der Waals surface area contributed by atoms with E-state index in [0.717, 1.165) is 9.37 Å². The average molecular weight is 457 g/mol. The molecule has 0 bridgehead atoms. The van der Waals surface area contributed by atoms with Gasteiger partial charge < -0.3 is 14.5 Å². The van der Waals surface area contributed by atoms with Crippen LogP contribution in [0, 0.1) is 0 Å². The minimum absolute atomic E-state index is 0.117. The molecule has 0 unspecified atom stereocenters. The Morgan fingerprint density at radius 3 is 2.55 bits per heavy atom. The standard InChI is InChI=1S/C20H17BrN4O4/c1-20(14-5-3-4-6-15(14)21)18(26)25(19(27)22-20)11-16-23-24-17(29-16)12-7-9-13(28-2)10-8-12/h3-10H,11H2,1-2H3,(H,22,27)/t20-/m0/s1. The van der Waals surface area contributed by atoms with Crippen LogP contribution in [0.25, 0.3) is 11.5 Å². The van der Waals surface area contributed by atoms with Crippen LogP contribution >= 0.6 is 15.9 Å². The number of imide groups is 1. The lowest BCUT2D eigenvalue weighted by atomic mass is 9.92. The van der Waals surface area contributed by atoms with Gasteiger partial charge in [-0.15, -0.1) is 10.2 Å². The lowest BCUT2D eigenvalue weighted by Crippen LogP contribution is -2.41. The van der Waals surface area contributed by atoms with E-state index in [4.69, 9.17) is 9.15 Å². The Labute approximate surface area is 175 Å². The first-order valence-electron chi connectivity index (χ1n) is 8.78. The molecule has 3 aromatic rings. The summed E-state index contributed by atoms with van der Waals surface area (Å²) >= 11 is 3.44. The third-order valence-corrected chi connectivity index (χ3v) is 5.48. The summed E-state index contributed by atoms with van der Waals surface area (Å²) < 4.78 is 11.5. The Kier molecular flexibility index (Phi) is 4.83. The number of nitrogens with one attached hydrogen (secondary N) is 1. The van der Waals surface area contributed by atoms with E-state index in [2.05, 4.69) is 31.4 Å². The van der Waals surface area contributed by atoms with Crippen LogP contribution in [0.4, 0.5) is 4.79 Å². The molecule has 1 saturated heterocycles. The molecule has 1 atom stereocenters. The highest BCUT2D eigenvalue weighted by Crippen LogP contribution is 2.34. The highest BCUT2D eigenvalue weighted by atomic mass is 79.9. The molecule has 148 valence electrons. The van der Waals surface area contributed by atoms with Crippen LogP contribution in [0.2, 0.25) is 0 Å². The number of halogens is 1. The molecule has 8 nitrogen and oxygen atoms in total. The molecule has 1 fully saturated rings. The van der Waals surface area contributed by atoms with Gasteiger partial charge in [-0.2, -0.15) is 0 Å². The van der Waals surface area contributed by atoms with Crippen LogP contribution in [0.1, 0.15) is 18.4 Å². The number of urea groups is 1. The smallest absolute Gasteiger partial charge is 0.325 e. The number of carbonyl (C=O) groups excluding carboxylic acids is 2. The fourth-order valence-electron chi connectivity index (χ4n) is 3.19.